The van der Waals surface area contributed by atoms with Gasteiger partial charge < -0.3 is 20.1 Å². The molecule has 0 aliphatic carbocycles. The van der Waals surface area contributed by atoms with Gasteiger partial charge in [0.25, 0.3) is 0 Å². The van der Waals surface area contributed by atoms with Crippen molar-refractivity contribution in [2.24, 2.45) is 5.92 Å². The lowest BCUT2D eigenvalue weighted by molar-refractivity contribution is -0.141. The molecule has 0 spiro atoms. The molecule has 0 radical (unpaired) electrons. The number of carbonyl (C=O) groups is 2. The molecule has 6 nitrogen and oxygen atoms in total. The van der Waals surface area contributed by atoms with Gasteiger partial charge in [0.15, 0.2) is 0 Å². The first-order valence-electron chi connectivity index (χ1n) is 7.38. The quantitative estimate of drug-likeness (QED) is 0.894. The molecule has 1 heterocycles. The molecular formula is C16H22N2O4. The van der Waals surface area contributed by atoms with Gasteiger partial charge in [0, 0.05) is 25.6 Å². The van der Waals surface area contributed by atoms with E-state index in [1.165, 1.54) is 4.90 Å². The molecule has 22 heavy (non-hydrogen) atoms. The minimum Gasteiger partial charge on any atom is -0.490 e. The number of fused-ring (bicyclic) bond motifs is 1. The van der Waals surface area contributed by atoms with Crippen molar-refractivity contribution < 1.29 is 19.4 Å². The molecule has 1 aliphatic heterocycles. The Balaban J connectivity index is 2.04. The molecule has 0 aromatic heterocycles. The van der Waals surface area contributed by atoms with Crippen LogP contribution in [0.5, 0.6) is 5.75 Å². The lowest BCUT2D eigenvalue weighted by Gasteiger charge is -2.32. The predicted octanol–water partition coefficient (Wildman–Crippen LogP) is 2.26. The first-order chi connectivity index (χ1) is 10.4. The summed E-state index contributed by atoms with van der Waals surface area (Å²) in [6, 6.07) is 7.23. The molecule has 1 aliphatic rings. The smallest absolute Gasteiger partial charge is 0.317 e. The Labute approximate surface area is 130 Å². The number of carboxylic acid groups (broad SMARTS) is 1. The van der Waals surface area contributed by atoms with E-state index in [0.717, 1.165) is 11.3 Å². The molecule has 0 fully saturated rings. The van der Waals surface area contributed by atoms with E-state index < -0.39 is 11.9 Å². The molecule has 1 aromatic rings. The monoisotopic (exact) mass is 306 g/mol. The maximum Gasteiger partial charge on any atom is 0.317 e. The third-order valence-electron chi connectivity index (χ3n) is 3.80. The van der Waals surface area contributed by atoms with E-state index in [0.29, 0.717) is 6.42 Å². The summed E-state index contributed by atoms with van der Waals surface area (Å²) in [5.74, 6) is -0.727. The summed E-state index contributed by atoms with van der Waals surface area (Å²) in [7, 11) is 1.60. The SMILES string of the molecule is CC(CN(C)C(=O)N[C@@H]1C[C@@H](C)Oc2ccccc21)C(=O)O. The highest BCUT2D eigenvalue weighted by atomic mass is 16.5. The van der Waals surface area contributed by atoms with E-state index in [-0.39, 0.29) is 24.7 Å². The number of rotatable bonds is 4. The molecule has 1 aromatic carbocycles. The Morgan fingerprint density at radius 1 is 1.45 bits per heavy atom. The van der Waals surface area contributed by atoms with Crippen molar-refractivity contribution in [1.82, 2.24) is 10.2 Å². The summed E-state index contributed by atoms with van der Waals surface area (Å²) < 4.78 is 5.76. The van der Waals surface area contributed by atoms with Crippen LogP contribution in [0.3, 0.4) is 0 Å². The number of hydrogen-bond acceptors (Lipinski definition) is 3. The average molecular weight is 306 g/mol. The van der Waals surface area contributed by atoms with Crippen molar-refractivity contribution in [3.05, 3.63) is 29.8 Å². The number of benzene rings is 1. The largest absolute Gasteiger partial charge is 0.490 e. The zero-order valence-electron chi connectivity index (χ0n) is 13.1. The fourth-order valence-corrected chi connectivity index (χ4v) is 2.57. The van der Waals surface area contributed by atoms with E-state index in [1.807, 2.05) is 31.2 Å². The maximum atomic E-state index is 12.3. The molecule has 2 N–H and O–H groups in total. The Morgan fingerprint density at radius 3 is 2.82 bits per heavy atom. The Morgan fingerprint density at radius 2 is 2.14 bits per heavy atom. The van der Waals surface area contributed by atoms with Crippen molar-refractivity contribution >= 4 is 12.0 Å². The summed E-state index contributed by atoms with van der Waals surface area (Å²) in [6.45, 7) is 3.71. The van der Waals surface area contributed by atoms with Gasteiger partial charge in [-0.1, -0.05) is 25.1 Å². The topological polar surface area (TPSA) is 78.9 Å². The molecule has 0 saturated carbocycles. The number of aliphatic carboxylic acids is 1. The highest BCUT2D eigenvalue weighted by molar-refractivity contribution is 5.76. The van der Waals surface area contributed by atoms with E-state index in [1.54, 1.807) is 14.0 Å². The lowest BCUT2D eigenvalue weighted by atomic mass is 9.97. The molecule has 2 rings (SSSR count). The Bertz CT molecular complexity index is 561. The van der Waals surface area contributed by atoms with Gasteiger partial charge in [-0.3, -0.25) is 4.79 Å². The lowest BCUT2D eigenvalue weighted by Crippen LogP contribution is -2.44. The summed E-state index contributed by atoms with van der Waals surface area (Å²) in [6.07, 6.45) is 0.703. The van der Waals surface area contributed by atoms with Crippen molar-refractivity contribution in [3.8, 4) is 5.75 Å². The zero-order chi connectivity index (χ0) is 16.3. The summed E-state index contributed by atoms with van der Waals surface area (Å²) in [5.41, 5.74) is 0.952. The van der Waals surface area contributed by atoms with Crippen molar-refractivity contribution in [3.63, 3.8) is 0 Å². The number of ether oxygens (including phenoxy) is 1. The number of para-hydroxylation sites is 1. The zero-order valence-corrected chi connectivity index (χ0v) is 13.1. The molecular weight excluding hydrogens is 284 g/mol. The van der Waals surface area contributed by atoms with Crippen molar-refractivity contribution in [2.75, 3.05) is 13.6 Å². The number of nitrogens with one attached hydrogen (secondary N) is 1. The first-order valence-corrected chi connectivity index (χ1v) is 7.38. The van der Waals surface area contributed by atoms with E-state index >= 15 is 0 Å². The van der Waals surface area contributed by atoms with Gasteiger partial charge in [0.2, 0.25) is 0 Å². The molecule has 0 bridgehead atoms. The van der Waals surface area contributed by atoms with Gasteiger partial charge in [0.05, 0.1) is 18.1 Å². The normalized spacial score (nSPS) is 21.2. The Kier molecular flexibility index (Phi) is 4.90. The van der Waals surface area contributed by atoms with Crippen LogP contribution < -0.4 is 10.1 Å². The molecule has 120 valence electrons. The standard InChI is InChI=1S/C16H22N2O4/c1-10(15(19)20)9-18(3)16(21)17-13-8-11(2)22-14-7-5-4-6-12(13)14/h4-7,10-11,13H,8-9H2,1-3H3,(H,17,21)(H,19,20)/t10?,11-,13-/m1/s1. The van der Waals surface area contributed by atoms with Crippen LogP contribution in [0.2, 0.25) is 0 Å². The van der Waals surface area contributed by atoms with Gasteiger partial charge >= 0.3 is 12.0 Å². The van der Waals surface area contributed by atoms with Gasteiger partial charge in [-0.05, 0) is 13.0 Å². The third kappa shape index (κ3) is 3.69. The Hall–Kier alpha value is -2.24. The van der Waals surface area contributed by atoms with E-state index in [9.17, 15) is 9.59 Å². The second kappa shape index (κ2) is 6.68. The number of urea groups is 1. The molecule has 2 amide bonds. The predicted molar refractivity (Wildman–Crippen MR) is 81.9 cm³/mol. The van der Waals surface area contributed by atoms with Crippen LogP contribution in [-0.2, 0) is 4.79 Å². The summed E-state index contributed by atoms with van der Waals surface area (Å²) >= 11 is 0. The molecule has 3 atom stereocenters. The maximum absolute atomic E-state index is 12.3. The van der Waals surface area contributed by atoms with Crippen molar-refractivity contribution in [1.29, 1.82) is 0 Å². The third-order valence-corrected chi connectivity index (χ3v) is 3.80. The minimum absolute atomic E-state index is 0.0171. The highest BCUT2D eigenvalue weighted by Gasteiger charge is 2.28. The second-order valence-electron chi connectivity index (χ2n) is 5.82. The highest BCUT2D eigenvalue weighted by Crippen LogP contribution is 2.34. The molecule has 6 heteroatoms. The number of nitrogens with zero attached hydrogens (tertiary/aromatic N) is 1. The van der Waals surface area contributed by atoms with Crippen LogP contribution in [0.1, 0.15) is 31.9 Å². The fourth-order valence-electron chi connectivity index (χ4n) is 2.57. The van der Waals surface area contributed by atoms with E-state index in [2.05, 4.69) is 5.32 Å². The van der Waals surface area contributed by atoms with E-state index in [4.69, 9.17) is 9.84 Å². The number of carbonyl (C=O) groups excluding carboxylic acids is 1. The molecule has 1 unspecified atom stereocenters. The van der Waals surface area contributed by atoms with Crippen LogP contribution >= 0.6 is 0 Å². The average Bonchev–Trinajstić information content (AvgIpc) is 2.46. The fraction of sp³-hybridized carbons (Fsp3) is 0.500. The first kappa shape index (κ1) is 16.1. The van der Waals surface area contributed by atoms with Crippen LogP contribution in [0.15, 0.2) is 24.3 Å². The second-order valence-corrected chi connectivity index (χ2v) is 5.82. The van der Waals surface area contributed by atoms with Crippen LogP contribution in [0, 0.1) is 5.92 Å². The number of amides is 2. The van der Waals surface area contributed by atoms with Crippen LogP contribution in [0.4, 0.5) is 4.79 Å². The van der Waals surface area contributed by atoms with Gasteiger partial charge in [-0.25, -0.2) is 4.79 Å². The van der Waals surface area contributed by atoms with Crippen molar-refractivity contribution in [2.45, 2.75) is 32.4 Å². The number of carboxylic acids is 1. The van der Waals surface area contributed by atoms with Crippen LogP contribution in [0.25, 0.3) is 0 Å². The summed E-state index contributed by atoms with van der Waals surface area (Å²) in [4.78, 5) is 24.6. The number of hydrogen-bond donors (Lipinski definition) is 2. The van der Waals surface area contributed by atoms with Gasteiger partial charge in [-0.15, -0.1) is 0 Å². The molecule has 0 saturated heterocycles. The van der Waals surface area contributed by atoms with Gasteiger partial charge in [-0.2, -0.15) is 0 Å². The summed E-state index contributed by atoms with van der Waals surface area (Å²) in [5, 5.41) is 11.9. The van der Waals surface area contributed by atoms with Crippen LogP contribution in [-0.4, -0.2) is 41.7 Å². The minimum atomic E-state index is -0.912. The van der Waals surface area contributed by atoms with Gasteiger partial charge in [0.1, 0.15) is 5.75 Å².